The van der Waals surface area contributed by atoms with Crippen molar-refractivity contribution in [3.63, 3.8) is 0 Å². The maximum atomic E-state index is 6.71. The number of rotatable bonds is 4. The minimum absolute atomic E-state index is 0.160. The van der Waals surface area contributed by atoms with E-state index in [1.54, 1.807) is 6.33 Å². The van der Waals surface area contributed by atoms with Crippen molar-refractivity contribution in [1.82, 2.24) is 14.8 Å². The Kier molecular flexibility index (Phi) is 4.99. The van der Waals surface area contributed by atoms with Crippen LogP contribution in [0.1, 0.15) is 28.8 Å². The Morgan fingerprint density at radius 1 is 0.800 bits per heavy atom. The predicted octanol–water partition coefficient (Wildman–Crippen LogP) is 4.97. The second-order valence-corrected chi connectivity index (χ2v) is 9.35. The summed E-state index contributed by atoms with van der Waals surface area (Å²) in [4.78, 5) is 8.73. The molecule has 0 radical (unpaired) electrons. The van der Waals surface area contributed by atoms with Gasteiger partial charge >= 0.3 is 0 Å². The molecule has 3 aromatic carbocycles. The van der Waals surface area contributed by atoms with Crippen LogP contribution in [-0.2, 0) is 0 Å². The lowest BCUT2D eigenvalue weighted by Gasteiger charge is -2.39. The van der Waals surface area contributed by atoms with Crippen molar-refractivity contribution < 1.29 is 4.74 Å². The lowest BCUT2D eigenvalue weighted by molar-refractivity contribution is 0.223. The molecule has 2 aliphatic heterocycles. The lowest BCUT2D eigenvalue weighted by atomic mass is 9.84. The van der Waals surface area contributed by atoms with Crippen LogP contribution >= 0.6 is 0 Å². The number of fused-ring (bicyclic) bond motifs is 3. The molecule has 2 aliphatic rings. The van der Waals surface area contributed by atoms with Crippen molar-refractivity contribution in [3.8, 4) is 5.75 Å². The van der Waals surface area contributed by atoms with E-state index >= 15 is 0 Å². The number of hydrogen-bond donors (Lipinski definition) is 1. The molecule has 176 valence electrons. The fourth-order valence-electron chi connectivity index (χ4n) is 4.92. The first kappa shape index (κ1) is 21.3. The minimum atomic E-state index is -0.278. The molecule has 2 unspecified atom stereocenters. The summed E-state index contributed by atoms with van der Waals surface area (Å²) in [5.74, 6) is 1.58. The van der Waals surface area contributed by atoms with Gasteiger partial charge in [-0.2, -0.15) is 10.1 Å². The number of anilines is 3. The van der Waals surface area contributed by atoms with Gasteiger partial charge in [-0.15, -0.1) is 0 Å². The Labute approximate surface area is 205 Å². The number of aromatic nitrogens is 3. The summed E-state index contributed by atoms with van der Waals surface area (Å²) in [7, 11) is 8.20. The molecular weight excluding hydrogens is 436 g/mol. The molecule has 1 aromatic heterocycles. The molecule has 1 N–H and O–H groups in total. The van der Waals surface area contributed by atoms with Gasteiger partial charge in [0.25, 0.3) is 0 Å². The van der Waals surface area contributed by atoms with Crippen molar-refractivity contribution >= 4 is 23.0 Å². The highest BCUT2D eigenvalue weighted by molar-refractivity contribution is 5.85. The number of benzene rings is 3. The van der Waals surface area contributed by atoms with E-state index in [1.165, 1.54) is 0 Å². The summed E-state index contributed by atoms with van der Waals surface area (Å²) < 4.78 is 8.67. The minimum Gasteiger partial charge on any atom is -0.480 e. The SMILES string of the molecule is CN(C)c1ccc(C2Oc3ccccc3C3=C2C(c2ccc(N(C)C)cc2)n2ncnc2N3)cc1. The van der Waals surface area contributed by atoms with Gasteiger partial charge in [-0.1, -0.05) is 36.4 Å². The summed E-state index contributed by atoms with van der Waals surface area (Å²) in [5.41, 5.74) is 7.72. The van der Waals surface area contributed by atoms with E-state index in [-0.39, 0.29) is 12.1 Å². The van der Waals surface area contributed by atoms with Crippen LogP contribution < -0.4 is 19.9 Å². The Bertz CT molecular complexity index is 1400. The molecule has 6 rings (SSSR count). The van der Waals surface area contributed by atoms with Gasteiger partial charge in [0.15, 0.2) is 0 Å². The zero-order valence-electron chi connectivity index (χ0n) is 20.3. The summed E-state index contributed by atoms with van der Waals surface area (Å²) in [6.07, 6.45) is 1.33. The quantitative estimate of drug-likeness (QED) is 0.460. The Balaban J connectivity index is 1.55. The maximum absolute atomic E-state index is 6.71. The van der Waals surface area contributed by atoms with E-state index in [4.69, 9.17) is 4.74 Å². The highest BCUT2D eigenvalue weighted by Gasteiger charge is 2.40. The monoisotopic (exact) mass is 464 g/mol. The maximum Gasteiger partial charge on any atom is 0.226 e. The predicted molar refractivity (Wildman–Crippen MR) is 140 cm³/mol. The van der Waals surface area contributed by atoms with Gasteiger partial charge in [0.05, 0.1) is 5.70 Å². The van der Waals surface area contributed by atoms with Crippen LogP contribution in [0.3, 0.4) is 0 Å². The summed E-state index contributed by atoms with van der Waals surface area (Å²) in [6, 6.07) is 25.2. The van der Waals surface area contributed by atoms with Crippen LogP contribution in [0.25, 0.3) is 5.70 Å². The van der Waals surface area contributed by atoms with Gasteiger partial charge < -0.3 is 19.9 Å². The molecule has 0 amide bonds. The van der Waals surface area contributed by atoms with Gasteiger partial charge in [0.1, 0.15) is 24.2 Å². The number of para-hydroxylation sites is 1. The van der Waals surface area contributed by atoms with Crippen molar-refractivity contribution in [2.45, 2.75) is 12.1 Å². The molecular formula is C28H28N6O. The molecule has 35 heavy (non-hydrogen) atoms. The summed E-state index contributed by atoms with van der Waals surface area (Å²) in [5, 5.41) is 8.19. The van der Waals surface area contributed by atoms with Gasteiger partial charge in [-0.25, -0.2) is 4.68 Å². The molecule has 0 spiro atoms. The van der Waals surface area contributed by atoms with Crippen LogP contribution in [-0.4, -0.2) is 43.0 Å². The van der Waals surface area contributed by atoms with Gasteiger partial charge in [-0.3, -0.25) is 0 Å². The number of hydrogen-bond acceptors (Lipinski definition) is 6. The Hall–Kier alpha value is -4.26. The van der Waals surface area contributed by atoms with Gasteiger partial charge in [-0.05, 0) is 47.5 Å². The van der Waals surface area contributed by atoms with Crippen molar-refractivity contribution in [2.24, 2.45) is 0 Å². The Morgan fingerprint density at radius 2 is 1.43 bits per heavy atom. The van der Waals surface area contributed by atoms with E-state index in [2.05, 4.69) is 93.9 Å². The summed E-state index contributed by atoms with van der Waals surface area (Å²) >= 11 is 0. The van der Waals surface area contributed by atoms with E-state index in [9.17, 15) is 0 Å². The third-order valence-electron chi connectivity index (χ3n) is 6.76. The number of nitrogens with zero attached hydrogens (tertiary/aromatic N) is 5. The molecule has 4 aromatic rings. The van der Waals surface area contributed by atoms with Crippen molar-refractivity contribution in [3.05, 3.63) is 101 Å². The van der Waals surface area contributed by atoms with Crippen molar-refractivity contribution in [1.29, 1.82) is 0 Å². The standard InChI is InChI=1S/C28H28N6O/c1-32(2)20-13-9-18(10-14-20)26-24-25(31-28-29-17-30-34(26)28)22-7-5-6-8-23(22)35-27(24)19-11-15-21(16-12-19)33(3)4/h5-17,26-27H,1-4H3,(H,29,30,31). The average Bonchev–Trinajstić information content (AvgIpc) is 3.35. The van der Waals surface area contributed by atoms with Crippen LogP contribution in [0.15, 0.2) is 84.7 Å². The van der Waals surface area contributed by atoms with Crippen LogP contribution in [0.2, 0.25) is 0 Å². The fraction of sp³-hybridized carbons (Fsp3) is 0.214. The van der Waals surface area contributed by atoms with Crippen LogP contribution in [0.5, 0.6) is 5.75 Å². The molecule has 0 saturated heterocycles. The Morgan fingerprint density at radius 3 is 2.09 bits per heavy atom. The molecule has 7 heteroatoms. The van der Waals surface area contributed by atoms with Crippen molar-refractivity contribution in [2.75, 3.05) is 43.3 Å². The topological polar surface area (TPSA) is 58.5 Å². The highest BCUT2D eigenvalue weighted by Crippen LogP contribution is 2.50. The normalized spacial score (nSPS) is 18.1. The zero-order valence-corrected chi connectivity index (χ0v) is 20.3. The third kappa shape index (κ3) is 3.51. The zero-order chi connectivity index (χ0) is 24.1. The molecule has 0 bridgehead atoms. The second kappa shape index (κ2) is 8.20. The second-order valence-electron chi connectivity index (χ2n) is 9.35. The summed E-state index contributed by atoms with van der Waals surface area (Å²) in [6.45, 7) is 0. The highest BCUT2D eigenvalue weighted by atomic mass is 16.5. The molecule has 0 fully saturated rings. The lowest BCUT2D eigenvalue weighted by Crippen LogP contribution is -2.32. The molecule has 0 aliphatic carbocycles. The number of ether oxygens (including phenoxy) is 1. The first-order chi connectivity index (χ1) is 17.0. The van der Waals surface area contributed by atoms with E-state index in [0.29, 0.717) is 0 Å². The molecule has 3 heterocycles. The molecule has 2 atom stereocenters. The average molecular weight is 465 g/mol. The van der Waals surface area contributed by atoms with Gasteiger partial charge in [0.2, 0.25) is 5.95 Å². The largest absolute Gasteiger partial charge is 0.480 e. The fourth-order valence-corrected chi connectivity index (χ4v) is 4.92. The first-order valence-corrected chi connectivity index (χ1v) is 11.7. The smallest absolute Gasteiger partial charge is 0.226 e. The van der Waals surface area contributed by atoms with Crippen LogP contribution in [0, 0.1) is 0 Å². The van der Waals surface area contributed by atoms with Crippen LogP contribution in [0.4, 0.5) is 17.3 Å². The third-order valence-corrected chi connectivity index (χ3v) is 6.76. The number of nitrogens with one attached hydrogen (secondary N) is 1. The van der Waals surface area contributed by atoms with E-state index in [0.717, 1.165) is 51.0 Å². The van der Waals surface area contributed by atoms with E-state index < -0.39 is 0 Å². The molecule has 7 nitrogen and oxygen atoms in total. The van der Waals surface area contributed by atoms with Gasteiger partial charge in [0, 0.05) is 50.7 Å². The molecule has 0 saturated carbocycles. The first-order valence-electron chi connectivity index (χ1n) is 11.7. The van der Waals surface area contributed by atoms with E-state index in [1.807, 2.05) is 37.0 Å².